The normalized spacial score (nSPS) is 11.4. The van der Waals surface area contributed by atoms with E-state index in [2.05, 4.69) is 27.9 Å². The molecule has 0 aliphatic rings. The van der Waals surface area contributed by atoms with Gasteiger partial charge in [-0.25, -0.2) is 0 Å². The van der Waals surface area contributed by atoms with Crippen LogP contribution in [0.2, 0.25) is 0 Å². The van der Waals surface area contributed by atoms with Crippen LogP contribution in [0.25, 0.3) is 0 Å². The lowest BCUT2D eigenvalue weighted by atomic mass is 10.1. The van der Waals surface area contributed by atoms with Gasteiger partial charge in [-0.1, -0.05) is 18.2 Å². The zero-order chi connectivity index (χ0) is 13.9. The third-order valence-electron chi connectivity index (χ3n) is 2.58. The Labute approximate surface area is 123 Å². The fourth-order valence-electron chi connectivity index (χ4n) is 1.66. The molecule has 2 rings (SSSR count). The van der Waals surface area contributed by atoms with Crippen molar-refractivity contribution in [1.29, 1.82) is 0 Å². The van der Waals surface area contributed by atoms with Crippen molar-refractivity contribution < 1.29 is 13.2 Å². The third-order valence-corrected chi connectivity index (χ3v) is 3.25. The zero-order valence-electron chi connectivity index (χ0n) is 9.84. The van der Waals surface area contributed by atoms with Crippen LogP contribution >= 0.6 is 22.6 Å². The first-order valence-corrected chi connectivity index (χ1v) is 6.68. The van der Waals surface area contributed by atoms with Crippen molar-refractivity contribution in [2.24, 2.45) is 0 Å². The minimum absolute atomic E-state index is 0.365. The Morgan fingerprint density at radius 2 is 1.74 bits per heavy atom. The van der Waals surface area contributed by atoms with E-state index in [4.69, 9.17) is 0 Å². The maximum Gasteiger partial charge on any atom is 0.416 e. The highest BCUT2D eigenvalue weighted by Crippen LogP contribution is 2.29. The van der Waals surface area contributed by atoms with Gasteiger partial charge in [-0.15, -0.1) is 0 Å². The molecule has 0 amide bonds. The van der Waals surface area contributed by atoms with Crippen LogP contribution in [0.5, 0.6) is 0 Å². The van der Waals surface area contributed by atoms with Gasteiger partial charge in [0.05, 0.1) is 5.56 Å². The Morgan fingerprint density at radius 3 is 2.42 bits per heavy atom. The highest BCUT2D eigenvalue weighted by molar-refractivity contribution is 14.1. The molecular formula is C14H11F3IN. The summed E-state index contributed by atoms with van der Waals surface area (Å²) in [5.74, 6) is 0. The first kappa shape index (κ1) is 14.2. The minimum atomic E-state index is -4.29. The van der Waals surface area contributed by atoms with E-state index in [1.165, 1.54) is 12.1 Å². The molecule has 0 atom stereocenters. The predicted octanol–water partition coefficient (Wildman–Crippen LogP) is 4.92. The Kier molecular flexibility index (Phi) is 4.34. The van der Waals surface area contributed by atoms with Crippen molar-refractivity contribution in [3.05, 3.63) is 63.2 Å². The number of alkyl halides is 3. The van der Waals surface area contributed by atoms with Crippen molar-refractivity contribution in [3.63, 3.8) is 0 Å². The van der Waals surface area contributed by atoms with Gasteiger partial charge in [0.25, 0.3) is 0 Å². The molecule has 1 nitrogen and oxygen atoms in total. The lowest BCUT2D eigenvalue weighted by Crippen LogP contribution is -2.06. The van der Waals surface area contributed by atoms with Gasteiger partial charge in [-0.3, -0.25) is 0 Å². The predicted molar refractivity (Wildman–Crippen MR) is 77.9 cm³/mol. The number of rotatable bonds is 3. The van der Waals surface area contributed by atoms with E-state index in [1.54, 1.807) is 6.07 Å². The molecule has 0 fully saturated rings. The van der Waals surface area contributed by atoms with Gasteiger partial charge in [-0.05, 0) is 58.5 Å². The van der Waals surface area contributed by atoms with E-state index in [1.807, 2.05) is 24.3 Å². The summed E-state index contributed by atoms with van der Waals surface area (Å²) in [5, 5.41) is 3.11. The molecule has 5 heteroatoms. The van der Waals surface area contributed by atoms with Crippen molar-refractivity contribution >= 4 is 28.3 Å². The van der Waals surface area contributed by atoms with E-state index >= 15 is 0 Å². The summed E-state index contributed by atoms with van der Waals surface area (Å²) in [6.07, 6.45) is -4.29. The van der Waals surface area contributed by atoms with Crippen LogP contribution < -0.4 is 5.32 Å². The first-order chi connectivity index (χ1) is 8.95. The van der Waals surface area contributed by atoms with Crippen molar-refractivity contribution in [1.82, 2.24) is 0 Å². The van der Waals surface area contributed by atoms with Gasteiger partial charge < -0.3 is 5.32 Å². The molecule has 2 aromatic carbocycles. The fourth-order valence-corrected chi connectivity index (χ4v) is 2.20. The Balaban J connectivity index is 2.08. The summed E-state index contributed by atoms with van der Waals surface area (Å²) in [7, 11) is 0. The second-order valence-corrected chi connectivity index (χ2v) is 5.31. The molecular weight excluding hydrogens is 366 g/mol. The highest BCUT2D eigenvalue weighted by Gasteiger charge is 2.30. The number of anilines is 1. The van der Waals surface area contributed by atoms with Crippen LogP contribution in [-0.4, -0.2) is 0 Å². The van der Waals surface area contributed by atoms with Crippen LogP contribution in [0.1, 0.15) is 11.1 Å². The molecule has 0 aliphatic carbocycles. The molecule has 0 bridgehead atoms. The summed E-state index contributed by atoms with van der Waals surface area (Å²) in [4.78, 5) is 0. The smallest absolute Gasteiger partial charge is 0.381 e. The maximum atomic E-state index is 12.6. The molecule has 1 N–H and O–H groups in total. The summed E-state index contributed by atoms with van der Waals surface area (Å²) in [6.45, 7) is 0.365. The van der Waals surface area contributed by atoms with Gasteiger partial charge in [0.1, 0.15) is 0 Å². The standard InChI is InChI=1S/C14H11F3IN/c15-14(16,17)11-4-1-3-10(7-11)9-19-13-6-2-5-12(18)8-13/h1-8,19H,9H2. The summed E-state index contributed by atoms with van der Waals surface area (Å²) in [6, 6.07) is 13.0. The number of benzene rings is 2. The molecule has 0 aliphatic heterocycles. The van der Waals surface area contributed by atoms with Crippen LogP contribution in [0.4, 0.5) is 18.9 Å². The average Bonchev–Trinajstić information content (AvgIpc) is 2.36. The second kappa shape index (κ2) is 5.81. The first-order valence-electron chi connectivity index (χ1n) is 5.61. The van der Waals surface area contributed by atoms with E-state index < -0.39 is 11.7 Å². The minimum Gasteiger partial charge on any atom is -0.381 e. The Hall–Kier alpha value is -1.24. The summed E-state index contributed by atoms with van der Waals surface area (Å²) < 4.78 is 38.8. The molecule has 0 spiro atoms. The van der Waals surface area contributed by atoms with Crippen LogP contribution in [-0.2, 0) is 12.7 Å². The molecule has 19 heavy (non-hydrogen) atoms. The summed E-state index contributed by atoms with van der Waals surface area (Å²) >= 11 is 2.19. The topological polar surface area (TPSA) is 12.0 Å². The SMILES string of the molecule is FC(F)(F)c1cccc(CNc2cccc(I)c2)c1. The highest BCUT2D eigenvalue weighted by atomic mass is 127. The fraction of sp³-hybridized carbons (Fsp3) is 0.143. The Bertz CT molecular complexity index is 567. The van der Waals surface area contributed by atoms with Gasteiger partial charge >= 0.3 is 6.18 Å². The number of hydrogen-bond donors (Lipinski definition) is 1. The van der Waals surface area contributed by atoms with Crippen molar-refractivity contribution in [2.75, 3.05) is 5.32 Å². The second-order valence-electron chi connectivity index (χ2n) is 4.06. The van der Waals surface area contributed by atoms with E-state index in [-0.39, 0.29) is 0 Å². The molecule has 0 unspecified atom stereocenters. The van der Waals surface area contributed by atoms with E-state index in [9.17, 15) is 13.2 Å². The Morgan fingerprint density at radius 1 is 1.00 bits per heavy atom. The number of nitrogens with one attached hydrogen (secondary N) is 1. The largest absolute Gasteiger partial charge is 0.416 e. The lowest BCUT2D eigenvalue weighted by molar-refractivity contribution is -0.137. The number of halogens is 4. The molecule has 0 saturated heterocycles. The van der Waals surface area contributed by atoms with Crippen LogP contribution in [0.15, 0.2) is 48.5 Å². The van der Waals surface area contributed by atoms with Gasteiger partial charge in [-0.2, -0.15) is 13.2 Å². The summed E-state index contributed by atoms with van der Waals surface area (Å²) in [5.41, 5.74) is 0.882. The van der Waals surface area contributed by atoms with Crippen LogP contribution in [0.3, 0.4) is 0 Å². The van der Waals surface area contributed by atoms with Gasteiger partial charge in [0.15, 0.2) is 0 Å². The quantitative estimate of drug-likeness (QED) is 0.749. The molecule has 0 saturated carbocycles. The molecule has 2 aromatic rings. The molecule has 0 radical (unpaired) electrons. The van der Waals surface area contributed by atoms with Crippen molar-refractivity contribution in [2.45, 2.75) is 12.7 Å². The molecule has 100 valence electrons. The van der Waals surface area contributed by atoms with E-state index in [0.29, 0.717) is 12.1 Å². The zero-order valence-corrected chi connectivity index (χ0v) is 12.0. The molecule has 0 heterocycles. The lowest BCUT2D eigenvalue weighted by Gasteiger charge is -2.10. The van der Waals surface area contributed by atoms with Gasteiger partial charge in [0.2, 0.25) is 0 Å². The van der Waals surface area contributed by atoms with Crippen molar-refractivity contribution in [3.8, 4) is 0 Å². The number of hydrogen-bond acceptors (Lipinski definition) is 1. The monoisotopic (exact) mass is 377 g/mol. The third kappa shape index (κ3) is 4.12. The van der Waals surface area contributed by atoms with E-state index in [0.717, 1.165) is 15.3 Å². The van der Waals surface area contributed by atoms with Gasteiger partial charge in [0, 0.05) is 15.8 Å². The van der Waals surface area contributed by atoms with Crippen LogP contribution in [0, 0.1) is 3.57 Å². The maximum absolute atomic E-state index is 12.6. The molecule has 0 aromatic heterocycles. The average molecular weight is 377 g/mol.